The molecule has 0 aromatic heterocycles. The van der Waals surface area contributed by atoms with Crippen molar-refractivity contribution in [2.75, 3.05) is 0 Å². The minimum atomic E-state index is 0.00645. The van der Waals surface area contributed by atoms with Gasteiger partial charge in [0, 0.05) is 0 Å². The van der Waals surface area contributed by atoms with Crippen LogP contribution in [0.25, 0.3) is 10.8 Å². The van der Waals surface area contributed by atoms with Crippen LogP contribution >= 0.6 is 0 Å². The Balaban J connectivity index is 1.55. The highest BCUT2D eigenvalue weighted by atomic mass is 16.6. The maximum atomic E-state index is 11.5. The number of carbonyl (C=O) groups excluding carboxylic acids is 1. The third-order valence-electron chi connectivity index (χ3n) is 4.39. The molecule has 3 rings (SSSR count). The summed E-state index contributed by atoms with van der Waals surface area (Å²) in [6, 6.07) is 15.1. The van der Waals surface area contributed by atoms with E-state index in [4.69, 9.17) is 4.74 Å². The third-order valence-corrected chi connectivity index (χ3v) is 4.39. The molecule has 2 atom stereocenters. The van der Waals surface area contributed by atoms with Gasteiger partial charge in [-0.05, 0) is 42.0 Å². The van der Waals surface area contributed by atoms with Crippen molar-refractivity contribution in [2.45, 2.75) is 45.1 Å². The van der Waals surface area contributed by atoms with Gasteiger partial charge in [-0.1, -0.05) is 55.8 Å². The number of esters is 1. The first kappa shape index (κ1) is 14.1. The van der Waals surface area contributed by atoms with E-state index in [2.05, 4.69) is 49.4 Å². The second-order valence-electron chi connectivity index (χ2n) is 5.94. The molecular weight excluding hydrogens is 260 g/mol. The standard InChI is InChI=1S/C19H22O2/c1-2-6-18-17(19(20)21-18)10-5-7-14-11-12-15-8-3-4-9-16(15)13-14/h3-4,8-9,11-13,17-18H,2,5-7,10H2,1H3/t17-,18-/m1/s1. The van der Waals surface area contributed by atoms with Crippen LogP contribution in [0.4, 0.5) is 0 Å². The van der Waals surface area contributed by atoms with E-state index >= 15 is 0 Å². The van der Waals surface area contributed by atoms with Crippen molar-refractivity contribution in [2.24, 2.45) is 5.92 Å². The van der Waals surface area contributed by atoms with Gasteiger partial charge in [-0.25, -0.2) is 0 Å². The van der Waals surface area contributed by atoms with E-state index in [1.165, 1.54) is 16.3 Å². The average Bonchev–Trinajstić information content (AvgIpc) is 2.51. The van der Waals surface area contributed by atoms with Crippen LogP contribution in [-0.2, 0) is 16.0 Å². The fourth-order valence-corrected chi connectivity index (χ4v) is 3.17. The van der Waals surface area contributed by atoms with Gasteiger partial charge < -0.3 is 4.74 Å². The molecule has 21 heavy (non-hydrogen) atoms. The predicted octanol–water partition coefficient (Wildman–Crippen LogP) is 4.50. The van der Waals surface area contributed by atoms with E-state index in [1.54, 1.807) is 0 Å². The fraction of sp³-hybridized carbons (Fsp3) is 0.421. The molecule has 0 N–H and O–H groups in total. The van der Waals surface area contributed by atoms with Crippen molar-refractivity contribution in [3.8, 4) is 0 Å². The smallest absolute Gasteiger partial charge is 0.313 e. The second-order valence-corrected chi connectivity index (χ2v) is 5.94. The van der Waals surface area contributed by atoms with Crippen LogP contribution in [0.5, 0.6) is 0 Å². The van der Waals surface area contributed by atoms with Crippen molar-refractivity contribution in [3.63, 3.8) is 0 Å². The number of carbonyl (C=O) groups is 1. The zero-order chi connectivity index (χ0) is 14.7. The SMILES string of the molecule is CCC[C@H]1OC(=O)[C@@H]1CCCc1ccc2ccccc2c1. The van der Waals surface area contributed by atoms with Gasteiger partial charge in [0.15, 0.2) is 0 Å². The Kier molecular flexibility index (Phi) is 4.23. The van der Waals surface area contributed by atoms with E-state index in [1.807, 2.05) is 0 Å². The Labute approximate surface area is 126 Å². The molecule has 0 amide bonds. The molecule has 110 valence electrons. The molecule has 0 unspecified atom stereocenters. The molecule has 1 saturated heterocycles. The molecule has 0 spiro atoms. The topological polar surface area (TPSA) is 26.3 Å². The summed E-state index contributed by atoms with van der Waals surface area (Å²) in [6.07, 6.45) is 5.31. The van der Waals surface area contributed by atoms with Crippen LogP contribution in [0, 0.1) is 5.92 Å². The highest BCUT2D eigenvalue weighted by Crippen LogP contribution is 2.30. The first-order valence-corrected chi connectivity index (χ1v) is 7.96. The van der Waals surface area contributed by atoms with Gasteiger partial charge in [-0.3, -0.25) is 4.79 Å². The largest absolute Gasteiger partial charge is 0.461 e. The highest BCUT2D eigenvalue weighted by Gasteiger charge is 2.40. The Morgan fingerprint density at radius 2 is 1.86 bits per heavy atom. The molecule has 1 aliphatic rings. The van der Waals surface area contributed by atoms with Crippen LogP contribution in [0.15, 0.2) is 42.5 Å². The third kappa shape index (κ3) is 3.10. The summed E-state index contributed by atoms with van der Waals surface area (Å²) in [5.41, 5.74) is 1.36. The maximum Gasteiger partial charge on any atom is 0.313 e. The molecule has 0 bridgehead atoms. The van der Waals surface area contributed by atoms with E-state index in [9.17, 15) is 4.79 Å². The molecule has 0 saturated carbocycles. The van der Waals surface area contributed by atoms with E-state index in [0.29, 0.717) is 0 Å². The van der Waals surface area contributed by atoms with Crippen molar-refractivity contribution in [1.29, 1.82) is 0 Å². The molecule has 0 aliphatic carbocycles. The average molecular weight is 282 g/mol. The first-order chi connectivity index (χ1) is 10.3. The number of rotatable bonds is 6. The first-order valence-electron chi connectivity index (χ1n) is 7.96. The second kappa shape index (κ2) is 6.30. The normalized spacial score (nSPS) is 21.1. The number of ether oxygens (including phenoxy) is 1. The van der Waals surface area contributed by atoms with E-state index < -0.39 is 0 Å². The summed E-state index contributed by atoms with van der Waals surface area (Å²) >= 11 is 0. The molecule has 2 nitrogen and oxygen atoms in total. The Hall–Kier alpha value is -1.83. The summed E-state index contributed by atoms with van der Waals surface area (Å²) in [4.78, 5) is 11.5. The molecule has 1 aliphatic heterocycles. The summed E-state index contributed by atoms with van der Waals surface area (Å²) < 4.78 is 5.21. The Bertz CT molecular complexity index is 632. The summed E-state index contributed by atoms with van der Waals surface area (Å²) in [5.74, 6) is 0.150. The van der Waals surface area contributed by atoms with Crippen LogP contribution in [-0.4, -0.2) is 12.1 Å². The van der Waals surface area contributed by atoms with Gasteiger partial charge in [0.1, 0.15) is 6.10 Å². The Morgan fingerprint density at radius 3 is 2.62 bits per heavy atom. The molecule has 2 aromatic rings. The van der Waals surface area contributed by atoms with Gasteiger partial charge in [-0.15, -0.1) is 0 Å². The summed E-state index contributed by atoms with van der Waals surface area (Å²) in [7, 11) is 0. The van der Waals surface area contributed by atoms with Gasteiger partial charge in [0.2, 0.25) is 0 Å². The fourth-order valence-electron chi connectivity index (χ4n) is 3.17. The van der Waals surface area contributed by atoms with E-state index in [0.717, 1.165) is 32.1 Å². The maximum absolute atomic E-state index is 11.5. The lowest BCUT2D eigenvalue weighted by molar-refractivity contribution is -0.186. The Morgan fingerprint density at radius 1 is 1.05 bits per heavy atom. The number of hydrogen-bond donors (Lipinski definition) is 0. The molecule has 2 aromatic carbocycles. The van der Waals surface area contributed by atoms with Crippen molar-refractivity contribution in [1.82, 2.24) is 0 Å². The van der Waals surface area contributed by atoms with Gasteiger partial charge >= 0.3 is 5.97 Å². The lowest BCUT2D eigenvalue weighted by Crippen LogP contribution is -2.44. The lowest BCUT2D eigenvalue weighted by Gasteiger charge is -2.35. The molecule has 1 fully saturated rings. The highest BCUT2D eigenvalue weighted by molar-refractivity contribution is 5.83. The summed E-state index contributed by atoms with van der Waals surface area (Å²) in [6.45, 7) is 2.14. The zero-order valence-corrected chi connectivity index (χ0v) is 12.5. The van der Waals surface area contributed by atoms with Crippen molar-refractivity contribution in [3.05, 3.63) is 48.0 Å². The number of hydrogen-bond acceptors (Lipinski definition) is 2. The number of aryl methyl sites for hydroxylation is 1. The monoisotopic (exact) mass is 282 g/mol. The quantitative estimate of drug-likeness (QED) is 0.729. The van der Waals surface area contributed by atoms with Crippen LogP contribution in [0.3, 0.4) is 0 Å². The number of fused-ring (bicyclic) bond motifs is 1. The number of cyclic esters (lactones) is 1. The van der Waals surface area contributed by atoms with E-state index in [-0.39, 0.29) is 18.0 Å². The van der Waals surface area contributed by atoms with Crippen LogP contribution < -0.4 is 0 Å². The predicted molar refractivity (Wildman–Crippen MR) is 85.2 cm³/mol. The minimum Gasteiger partial charge on any atom is -0.461 e. The van der Waals surface area contributed by atoms with Gasteiger partial charge in [-0.2, -0.15) is 0 Å². The van der Waals surface area contributed by atoms with Gasteiger partial charge in [0.25, 0.3) is 0 Å². The molecule has 0 radical (unpaired) electrons. The number of benzene rings is 2. The molecular formula is C19H22O2. The molecule has 1 heterocycles. The van der Waals surface area contributed by atoms with Gasteiger partial charge in [0.05, 0.1) is 5.92 Å². The minimum absolute atomic E-state index is 0.00645. The zero-order valence-electron chi connectivity index (χ0n) is 12.5. The lowest BCUT2D eigenvalue weighted by atomic mass is 9.88. The van der Waals surface area contributed by atoms with Crippen molar-refractivity contribution >= 4 is 16.7 Å². The van der Waals surface area contributed by atoms with Crippen LogP contribution in [0.1, 0.15) is 38.2 Å². The van der Waals surface area contributed by atoms with Crippen LogP contribution in [0.2, 0.25) is 0 Å². The summed E-state index contributed by atoms with van der Waals surface area (Å²) in [5, 5.41) is 2.58. The molecule has 2 heteroatoms. The van der Waals surface area contributed by atoms with Crippen molar-refractivity contribution < 1.29 is 9.53 Å².